The van der Waals surface area contributed by atoms with Gasteiger partial charge in [-0.2, -0.15) is 0 Å². The second kappa shape index (κ2) is 7.72. The molecule has 4 heteroatoms. The molecule has 0 radical (unpaired) electrons. The molecule has 1 aromatic carbocycles. The Morgan fingerprint density at radius 2 is 2.35 bits per heavy atom. The van der Waals surface area contributed by atoms with Gasteiger partial charge in [0.15, 0.2) is 0 Å². The summed E-state index contributed by atoms with van der Waals surface area (Å²) in [5.41, 5.74) is 1.01. The minimum absolute atomic E-state index is 0.177. The maximum atomic E-state index is 13.4. The minimum atomic E-state index is -0.181. The molecule has 0 aliphatic carbocycles. The molecule has 0 aromatic heterocycles. The van der Waals surface area contributed by atoms with Crippen molar-refractivity contribution >= 4 is 0 Å². The topological polar surface area (TPSA) is 35.5 Å². The molecule has 0 bridgehead atoms. The first kappa shape index (κ1) is 15.4. The third kappa shape index (κ3) is 4.01. The molecule has 1 aliphatic rings. The van der Waals surface area contributed by atoms with Crippen molar-refractivity contribution in [1.29, 1.82) is 0 Å². The molecule has 1 fully saturated rings. The lowest BCUT2D eigenvalue weighted by Crippen LogP contribution is -2.35. The first-order chi connectivity index (χ1) is 9.74. The fourth-order valence-electron chi connectivity index (χ4n) is 3.05. The van der Waals surface area contributed by atoms with Crippen molar-refractivity contribution in [3.63, 3.8) is 0 Å². The number of halogens is 1. The van der Waals surface area contributed by atoms with Gasteiger partial charge in [-0.05, 0) is 50.0 Å². The van der Waals surface area contributed by atoms with Gasteiger partial charge in [0.05, 0.1) is 6.61 Å². The van der Waals surface area contributed by atoms with Crippen molar-refractivity contribution in [1.82, 2.24) is 10.2 Å². The quantitative estimate of drug-likeness (QED) is 0.804. The molecule has 3 nitrogen and oxygen atoms in total. The standard InChI is InChI=1S/C16H25FN2O/c1-2-18-16(13-5-3-6-14(17)11-13)8-10-19-9-4-7-15(19)12-20/h3,5-6,11,15-16,18,20H,2,4,7-10,12H2,1H3. The van der Waals surface area contributed by atoms with Crippen LogP contribution in [0.15, 0.2) is 24.3 Å². The second-order valence-electron chi connectivity index (χ2n) is 5.47. The normalized spacial score (nSPS) is 21.2. The molecule has 112 valence electrons. The van der Waals surface area contributed by atoms with E-state index in [2.05, 4.69) is 17.1 Å². The van der Waals surface area contributed by atoms with E-state index in [0.717, 1.165) is 44.5 Å². The lowest BCUT2D eigenvalue weighted by atomic mass is 10.0. The predicted molar refractivity (Wildman–Crippen MR) is 79.1 cm³/mol. The average Bonchev–Trinajstić information content (AvgIpc) is 2.91. The van der Waals surface area contributed by atoms with Crippen LogP contribution in [0.4, 0.5) is 4.39 Å². The zero-order chi connectivity index (χ0) is 14.4. The third-order valence-electron chi connectivity index (χ3n) is 4.12. The highest BCUT2D eigenvalue weighted by Gasteiger charge is 2.24. The Labute approximate surface area is 120 Å². The highest BCUT2D eigenvalue weighted by atomic mass is 19.1. The summed E-state index contributed by atoms with van der Waals surface area (Å²) in [6.45, 7) is 5.18. The van der Waals surface area contributed by atoms with Crippen LogP contribution in [0.25, 0.3) is 0 Å². The molecule has 1 heterocycles. The van der Waals surface area contributed by atoms with E-state index in [1.807, 2.05) is 6.07 Å². The predicted octanol–water partition coefficient (Wildman–Crippen LogP) is 2.32. The van der Waals surface area contributed by atoms with Crippen LogP contribution < -0.4 is 5.32 Å². The Morgan fingerprint density at radius 3 is 3.05 bits per heavy atom. The van der Waals surface area contributed by atoms with Crippen LogP contribution in [0.2, 0.25) is 0 Å². The van der Waals surface area contributed by atoms with Crippen molar-refractivity contribution in [2.24, 2.45) is 0 Å². The molecule has 2 rings (SSSR count). The SMILES string of the molecule is CCNC(CCN1CCCC1CO)c1cccc(F)c1. The Morgan fingerprint density at radius 1 is 1.50 bits per heavy atom. The zero-order valence-electron chi connectivity index (χ0n) is 12.2. The Kier molecular flexibility index (Phi) is 5.95. The van der Waals surface area contributed by atoms with Gasteiger partial charge >= 0.3 is 0 Å². The number of rotatable bonds is 7. The van der Waals surface area contributed by atoms with Gasteiger partial charge in [-0.1, -0.05) is 19.1 Å². The molecule has 1 aliphatic heterocycles. The molecule has 2 N–H and O–H groups in total. The van der Waals surface area contributed by atoms with Gasteiger partial charge in [-0.25, -0.2) is 4.39 Å². The molecule has 1 saturated heterocycles. The van der Waals surface area contributed by atoms with Gasteiger partial charge in [0.1, 0.15) is 5.82 Å². The van der Waals surface area contributed by atoms with Gasteiger partial charge in [0.25, 0.3) is 0 Å². The lowest BCUT2D eigenvalue weighted by molar-refractivity contribution is 0.154. The van der Waals surface area contributed by atoms with Crippen LogP contribution >= 0.6 is 0 Å². The zero-order valence-corrected chi connectivity index (χ0v) is 12.2. The van der Waals surface area contributed by atoms with E-state index in [9.17, 15) is 9.50 Å². The van der Waals surface area contributed by atoms with Crippen molar-refractivity contribution in [3.05, 3.63) is 35.6 Å². The number of nitrogens with zero attached hydrogens (tertiary/aromatic N) is 1. The second-order valence-corrected chi connectivity index (χ2v) is 5.47. The number of nitrogens with one attached hydrogen (secondary N) is 1. The molecule has 0 saturated carbocycles. The van der Waals surface area contributed by atoms with Gasteiger partial charge < -0.3 is 10.4 Å². The van der Waals surface area contributed by atoms with E-state index in [-0.39, 0.29) is 18.5 Å². The summed E-state index contributed by atoms with van der Waals surface area (Å²) in [6.07, 6.45) is 3.19. The number of likely N-dealkylation sites (tertiary alicyclic amines) is 1. The Balaban J connectivity index is 1.95. The molecule has 1 aromatic rings. The fourth-order valence-corrected chi connectivity index (χ4v) is 3.05. The molecule has 0 amide bonds. The Bertz CT molecular complexity index is 413. The van der Waals surface area contributed by atoms with Crippen molar-refractivity contribution in [2.45, 2.75) is 38.3 Å². The van der Waals surface area contributed by atoms with Gasteiger partial charge in [0.2, 0.25) is 0 Å². The monoisotopic (exact) mass is 280 g/mol. The number of aliphatic hydroxyl groups is 1. The molecular weight excluding hydrogens is 255 g/mol. The van der Waals surface area contributed by atoms with E-state index in [4.69, 9.17) is 0 Å². The smallest absolute Gasteiger partial charge is 0.123 e. The summed E-state index contributed by atoms with van der Waals surface area (Å²) in [5, 5.41) is 12.8. The highest BCUT2D eigenvalue weighted by Crippen LogP contribution is 2.22. The van der Waals surface area contributed by atoms with Gasteiger partial charge in [-0.3, -0.25) is 4.90 Å². The lowest BCUT2D eigenvalue weighted by Gasteiger charge is -2.26. The summed E-state index contributed by atoms with van der Waals surface area (Å²) in [6, 6.07) is 7.32. The third-order valence-corrected chi connectivity index (χ3v) is 4.12. The summed E-state index contributed by atoms with van der Waals surface area (Å²) in [4.78, 5) is 2.35. The summed E-state index contributed by atoms with van der Waals surface area (Å²) in [5.74, 6) is -0.181. The number of aliphatic hydroxyl groups excluding tert-OH is 1. The molecule has 2 atom stereocenters. The van der Waals surface area contributed by atoms with Crippen LogP contribution in [-0.4, -0.2) is 42.3 Å². The number of hydrogen-bond acceptors (Lipinski definition) is 3. The highest BCUT2D eigenvalue weighted by molar-refractivity contribution is 5.20. The molecule has 0 spiro atoms. The first-order valence-corrected chi connectivity index (χ1v) is 7.58. The summed E-state index contributed by atoms with van der Waals surface area (Å²) >= 11 is 0. The maximum absolute atomic E-state index is 13.4. The number of hydrogen-bond donors (Lipinski definition) is 2. The molecule has 2 unspecified atom stereocenters. The van der Waals surface area contributed by atoms with Crippen molar-refractivity contribution < 1.29 is 9.50 Å². The van der Waals surface area contributed by atoms with Crippen LogP contribution in [0, 0.1) is 5.82 Å². The first-order valence-electron chi connectivity index (χ1n) is 7.58. The van der Waals surface area contributed by atoms with E-state index < -0.39 is 0 Å². The maximum Gasteiger partial charge on any atom is 0.123 e. The summed E-state index contributed by atoms with van der Waals surface area (Å²) < 4.78 is 13.4. The number of benzene rings is 1. The minimum Gasteiger partial charge on any atom is -0.395 e. The van der Waals surface area contributed by atoms with Crippen LogP contribution in [-0.2, 0) is 0 Å². The Hall–Kier alpha value is -0.970. The van der Waals surface area contributed by atoms with Gasteiger partial charge in [0, 0.05) is 18.6 Å². The molecular formula is C16H25FN2O. The van der Waals surface area contributed by atoms with Crippen LogP contribution in [0.1, 0.15) is 37.8 Å². The van der Waals surface area contributed by atoms with Crippen molar-refractivity contribution in [2.75, 3.05) is 26.2 Å². The van der Waals surface area contributed by atoms with E-state index in [1.165, 1.54) is 6.07 Å². The largest absolute Gasteiger partial charge is 0.395 e. The van der Waals surface area contributed by atoms with E-state index in [1.54, 1.807) is 12.1 Å². The van der Waals surface area contributed by atoms with Gasteiger partial charge in [-0.15, -0.1) is 0 Å². The summed E-state index contributed by atoms with van der Waals surface area (Å²) in [7, 11) is 0. The van der Waals surface area contributed by atoms with E-state index in [0.29, 0.717) is 6.04 Å². The average molecular weight is 280 g/mol. The van der Waals surface area contributed by atoms with Crippen molar-refractivity contribution in [3.8, 4) is 0 Å². The van der Waals surface area contributed by atoms with Crippen LogP contribution in [0.5, 0.6) is 0 Å². The molecule has 20 heavy (non-hydrogen) atoms. The van der Waals surface area contributed by atoms with Crippen LogP contribution in [0.3, 0.4) is 0 Å². The van der Waals surface area contributed by atoms with E-state index >= 15 is 0 Å². The fraction of sp³-hybridized carbons (Fsp3) is 0.625.